The highest BCUT2D eigenvalue weighted by atomic mass is 35.5. The Morgan fingerprint density at radius 3 is 2.37 bits per heavy atom. The van der Waals surface area contributed by atoms with Crippen molar-refractivity contribution in [3.63, 3.8) is 0 Å². The first-order chi connectivity index (χ1) is 13.2. The maximum absolute atomic E-state index is 12.9. The number of nitrogens with zero attached hydrogens (tertiary/aromatic N) is 2. The van der Waals surface area contributed by atoms with Crippen LogP contribution in [-0.2, 0) is 11.3 Å². The van der Waals surface area contributed by atoms with Crippen LogP contribution in [0, 0.1) is 0 Å². The zero-order valence-electron chi connectivity index (χ0n) is 16.2. The van der Waals surface area contributed by atoms with E-state index in [1.807, 2.05) is 12.1 Å². The molecule has 3 fully saturated rings. The summed E-state index contributed by atoms with van der Waals surface area (Å²) in [6.45, 7) is 4.17. The summed E-state index contributed by atoms with van der Waals surface area (Å²) in [6.07, 6.45) is 9.56. The van der Waals surface area contributed by atoms with E-state index in [1.54, 1.807) is 0 Å². The van der Waals surface area contributed by atoms with E-state index in [1.165, 1.54) is 37.7 Å². The van der Waals surface area contributed by atoms with Crippen LogP contribution in [0.1, 0.15) is 56.9 Å². The Morgan fingerprint density at radius 1 is 0.963 bits per heavy atom. The predicted octanol–water partition coefficient (Wildman–Crippen LogP) is 3.83. The Labute approximate surface area is 168 Å². The average molecular weight is 390 g/mol. The molecule has 1 saturated carbocycles. The third-order valence-corrected chi connectivity index (χ3v) is 6.90. The fourth-order valence-electron chi connectivity index (χ4n) is 5.12. The number of rotatable bonds is 5. The van der Waals surface area contributed by atoms with E-state index in [9.17, 15) is 4.79 Å². The van der Waals surface area contributed by atoms with Gasteiger partial charge in [0.2, 0.25) is 5.91 Å². The number of piperidine rings is 1. The number of carbonyl (C=O) groups excluding carboxylic acids is 1. The van der Waals surface area contributed by atoms with Crippen LogP contribution >= 0.6 is 11.6 Å². The first kappa shape index (κ1) is 19.2. The summed E-state index contributed by atoms with van der Waals surface area (Å²) in [5.41, 5.74) is 1.31. The number of halogens is 1. The third-order valence-electron chi connectivity index (χ3n) is 6.64. The zero-order chi connectivity index (χ0) is 18.6. The van der Waals surface area contributed by atoms with Gasteiger partial charge in [-0.15, -0.1) is 0 Å². The monoisotopic (exact) mass is 389 g/mol. The molecular weight excluding hydrogens is 358 g/mol. The predicted molar refractivity (Wildman–Crippen MR) is 110 cm³/mol. The summed E-state index contributed by atoms with van der Waals surface area (Å²) < 4.78 is 0. The third kappa shape index (κ3) is 4.85. The molecule has 1 atom stereocenters. The maximum Gasteiger partial charge on any atom is 0.237 e. The molecule has 1 N–H and O–H groups in total. The van der Waals surface area contributed by atoms with Crippen molar-refractivity contribution in [2.45, 2.75) is 76.0 Å². The molecule has 1 aromatic rings. The van der Waals surface area contributed by atoms with Gasteiger partial charge in [-0.2, -0.15) is 0 Å². The number of nitrogens with one attached hydrogen (secondary N) is 1. The van der Waals surface area contributed by atoms with E-state index < -0.39 is 0 Å². The molecule has 0 spiro atoms. The van der Waals surface area contributed by atoms with E-state index in [0.29, 0.717) is 12.1 Å². The van der Waals surface area contributed by atoms with E-state index in [2.05, 4.69) is 27.2 Å². The van der Waals surface area contributed by atoms with Crippen LogP contribution in [0.15, 0.2) is 24.3 Å². The molecule has 27 heavy (non-hydrogen) atoms. The van der Waals surface area contributed by atoms with Gasteiger partial charge in [0.1, 0.15) is 0 Å². The SMILES string of the molecule is O=C(NC1CCN(Cc2ccc(Cl)cc2)CC1)[C@@H]1CCCN1C1CCCC1. The van der Waals surface area contributed by atoms with Gasteiger partial charge in [-0.1, -0.05) is 36.6 Å². The number of benzene rings is 1. The van der Waals surface area contributed by atoms with Gasteiger partial charge in [0, 0.05) is 36.7 Å². The minimum Gasteiger partial charge on any atom is -0.352 e. The smallest absolute Gasteiger partial charge is 0.237 e. The van der Waals surface area contributed by atoms with Crippen LogP contribution in [0.3, 0.4) is 0 Å². The molecule has 148 valence electrons. The van der Waals surface area contributed by atoms with E-state index in [0.717, 1.165) is 50.5 Å². The lowest BCUT2D eigenvalue weighted by molar-refractivity contribution is -0.127. The van der Waals surface area contributed by atoms with Crippen molar-refractivity contribution < 1.29 is 4.79 Å². The highest BCUT2D eigenvalue weighted by Crippen LogP contribution is 2.30. The molecule has 2 heterocycles. The summed E-state index contributed by atoms with van der Waals surface area (Å²) >= 11 is 5.97. The molecule has 5 heteroatoms. The Balaban J connectivity index is 1.23. The number of amides is 1. The van der Waals surface area contributed by atoms with Crippen LogP contribution in [0.2, 0.25) is 5.02 Å². The largest absolute Gasteiger partial charge is 0.352 e. The zero-order valence-corrected chi connectivity index (χ0v) is 17.0. The van der Waals surface area contributed by atoms with Crippen molar-refractivity contribution in [2.24, 2.45) is 0 Å². The molecule has 0 radical (unpaired) electrons. The molecule has 4 nitrogen and oxygen atoms in total. The lowest BCUT2D eigenvalue weighted by atomic mass is 10.0. The number of hydrogen-bond donors (Lipinski definition) is 1. The Bertz CT molecular complexity index is 621. The lowest BCUT2D eigenvalue weighted by Gasteiger charge is -2.34. The van der Waals surface area contributed by atoms with Crippen molar-refractivity contribution in [1.29, 1.82) is 0 Å². The maximum atomic E-state index is 12.9. The molecule has 1 aromatic carbocycles. The second-order valence-corrected chi connectivity index (χ2v) is 8.96. The van der Waals surface area contributed by atoms with Gasteiger partial charge < -0.3 is 5.32 Å². The molecule has 0 unspecified atom stereocenters. The average Bonchev–Trinajstić information content (AvgIpc) is 3.36. The van der Waals surface area contributed by atoms with Gasteiger partial charge >= 0.3 is 0 Å². The summed E-state index contributed by atoms with van der Waals surface area (Å²) in [5, 5.41) is 4.17. The fourth-order valence-corrected chi connectivity index (χ4v) is 5.25. The molecule has 2 saturated heterocycles. The van der Waals surface area contributed by atoms with Crippen molar-refractivity contribution in [3.05, 3.63) is 34.9 Å². The Hall–Kier alpha value is -1.10. The molecule has 4 rings (SSSR count). The van der Waals surface area contributed by atoms with Crippen LogP contribution < -0.4 is 5.32 Å². The number of carbonyl (C=O) groups is 1. The lowest BCUT2D eigenvalue weighted by Crippen LogP contribution is -2.51. The van der Waals surface area contributed by atoms with Crippen LogP contribution in [0.25, 0.3) is 0 Å². The Morgan fingerprint density at radius 2 is 1.67 bits per heavy atom. The summed E-state index contributed by atoms with van der Waals surface area (Å²) in [6, 6.07) is 9.25. The van der Waals surface area contributed by atoms with Crippen molar-refractivity contribution in [2.75, 3.05) is 19.6 Å². The van der Waals surface area contributed by atoms with Gasteiger partial charge in [-0.05, 0) is 62.8 Å². The first-order valence-corrected chi connectivity index (χ1v) is 11.1. The van der Waals surface area contributed by atoms with Gasteiger partial charge in [0.25, 0.3) is 0 Å². The minimum atomic E-state index is 0.125. The normalized spacial score (nSPS) is 25.9. The molecule has 0 aromatic heterocycles. The number of hydrogen-bond acceptors (Lipinski definition) is 3. The van der Waals surface area contributed by atoms with Gasteiger partial charge in [-0.3, -0.25) is 14.6 Å². The van der Waals surface area contributed by atoms with E-state index in [-0.39, 0.29) is 11.9 Å². The van der Waals surface area contributed by atoms with Crippen LogP contribution in [-0.4, -0.2) is 53.5 Å². The van der Waals surface area contributed by atoms with Crippen molar-refractivity contribution in [1.82, 2.24) is 15.1 Å². The molecule has 0 bridgehead atoms. The van der Waals surface area contributed by atoms with Gasteiger partial charge in [0.05, 0.1) is 6.04 Å². The van der Waals surface area contributed by atoms with Crippen molar-refractivity contribution >= 4 is 17.5 Å². The molecule has 2 aliphatic heterocycles. The fraction of sp³-hybridized carbons (Fsp3) is 0.682. The highest BCUT2D eigenvalue weighted by Gasteiger charge is 2.37. The van der Waals surface area contributed by atoms with E-state index >= 15 is 0 Å². The van der Waals surface area contributed by atoms with Crippen molar-refractivity contribution in [3.8, 4) is 0 Å². The quantitative estimate of drug-likeness (QED) is 0.831. The highest BCUT2D eigenvalue weighted by molar-refractivity contribution is 6.30. The first-order valence-electron chi connectivity index (χ1n) is 10.7. The molecule has 1 amide bonds. The van der Waals surface area contributed by atoms with Gasteiger partial charge in [0.15, 0.2) is 0 Å². The van der Waals surface area contributed by atoms with Crippen LogP contribution in [0.5, 0.6) is 0 Å². The molecule has 3 aliphatic rings. The van der Waals surface area contributed by atoms with E-state index in [4.69, 9.17) is 11.6 Å². The van der Waals surface area contributed by atoms with Crippen LogP contribution in [0.4, 0.5) is 0 Å². The topological polar surface area (TPSA) is 35.6 Å². The molecular formula is C22H32ClN3O. The van der Waals surface area contributed by atoms with Gasteiger partial charge in [-0.25, -0.2) is 0 Å². The Kier molecular flexibility index (Phi) is 6.36. The standard InChI is InChI=1S/C22H32ClN3O/c23-18-9-7-17(8-10-18)16-25-14-11-19(12-15-25)24-22(27)21-6-3-13-26(21)20-4-1-2-5-20/h7-10,19-21H,1-6,11-16H2,(H,24,27)/t21-/m0/s1. The summed E-state index contributed by atoms with van der Waals surface area (Å²) in [7, 11) is 0. The summed E-state index contributed by atoms with van der Waals surface area (Å²) in [4.78, 5) is 17.9. The molecule has 1 aliphatic carbocycles. The summed E-state index contributed by atoms with van der Waals surface area (Å²) in [5.74, 6) is 0.288. The second kappa shape index (κ2) is 8.93. The second-order valence-electron chi connectivity index (χ2n) is 8.52. The minimum absolute atomic E-state index is 0.125. The number of likely N-dealkylation sites (tertiary alicyclic amines) is 2.